The van der Waals surface area contributed by atoms with E-state index in [1.165, 1.54) is 5.56 Å². The molecule has 0 bridgehead atoms. The first-order valence-corrected chi connectivity index (χ1v) is 12.9. The van der Waals surface area contributed by atoms with E-state index in [-0.39, 0.29) is 5.41 Å². The second-order valence-corrected chi connectivity index (χ2v) is 11.3. The van der Waals surface area contributed by atoms with Gasteiger partial charge in [0.2, 0.25) is 5.95 Å². The van der Waals surface area contributed by atoms with E-state index in [4.69, 9.17) is 9.97 Å². The summed E-state index contributed by atoms with van der Waals surface area (Å²) in [5.74, 6) is 1.61. The summed E-state index contributed by atoms with van der Waals surface area (Å²) in [5.41, 5.74) is 5.09. The van der Waals surface area contributed by atoms with Gasteiger partial charge >= 0.3 is 6.18 Å². The summed E-state index contributed by atoms with van der Waals surface area (Å²) in [6, 6.07) is 11.9. The summed E-state index contributed by atoms with van der Waals surface area (Å²) in [4.78, 5) is 16.3. The van der Waals surface area contributed by atoms with Crippen LogP contribution in [0.4, 0.5) is 30.6 Å². The Morgan fingerprint density at radius 1 is 1.00 bits per heavy atom. The maximum Gasteiger partial charge on any atom is 0.416 e. The Labute approximate surface area is 220 Å². The summed E-state index contributed by atoms with van der Waals surface area (Å²) in [7, 11) is 1.93. The minimum Gasteiger partial charge on any atom is -0.340 e. The standard InChI is InChI=1S/C29H33F3N6/c1-18-6-9-22(28(2,3)4)15-23(18)34-26-24-25(33-17-37(24)5)35-27(36-26)38-13-12-20(16-38)14-19-7-10-21(11-8-19)29(30,31)32/h6-11,15,17,20H,12-14,16H2,1-5H3,(H,34,35,36). The number of halogens is 3. The van der Waals surface area contributed by atoms with Crippen molar-refractivity contribution in [3.63, 3.8) is 0 Å². The van der Waals surface area contributed by atoms with E-state index in [0.29, 0.717) is 29.8 Å². The highest BCUT2D eigenvalue weighted by atomic mass is 19.4. The number of anilines is 3. The third kappa shape index (κ3) is 5.33. The Morgan fingerprint density at radius 2 is 1.71 bits per heavy atom. The van der Waals surface area contributed by atoms with Crippen molar-refractivity contribution < 1.29 is 13.2 Å². The molecule has 5 rings (SSSR count). The second kappa shape index (κ2) is 9.60. The van der Waals surface area contributed by atoms with Gasteiger partial charge in [-0.15, -0.1) is 0 Å². The van der Waals surface area contributed by atoms with E-state index in [1.807, 2.05) is 11.6 Å². The molecule has 0 spiro atoms. The van der Waals surface area contributed by atoms with Gasteiger partial charge in [-0.1, -0.05) is 45.0 Å². The minimum atomic E-state index is -4.32. The highest BCUT2D eigenvalue weighted by Gasteiger charge is 2.31. The van der Waals surface area contributed by atoms with Gasteiger partial charge in [-0.2, -0.15) is 23.1 Å². The number of hydrogen-bond donors (Lipinski definition) is 1. The Balaban J connectivity index is 1.39. The summed E-state index contributed by atoms with van der Waals surface area (Å²) >= 11 is 0. The molecule has 0 amide bonds. The molecule has 1 N–H and O–H groups in total. The van der Waals surface area contributed by atoms with Crippen molar-refractivity contribution in [1.82, 2.24) is 19.5 Å². The molecule has 6 nitrogen and oxygen atoms in total. The van der Waals surface area contributed by atoms with Crippen LogP contribution in [0.2, 0.25) is 0 Å². The topological polar surface area (TPSA) is 58.9 Å². The van der Waals surface area contributed by atoms with Gasteiger partial charge in [0.1, 0.15) is 5.52 Å². The van der Waals surface area contributed by atoms with Gasteiger partial charge in [0, 0.05) is 25.8 Å². The molecule has 2 aromatic carbocycles. The number of imidazole rings is 1. The molecule has 0 radical (unpaired) electrons. The normalized spacial score (nSPS) is 16.4. The maximum absolute atomic E-state index is 12.9. The fourth-order valence-corrected chi connectivity index (χ4v) is 4.97. The minimum absolute atomic E-state index is 0.0143. The van der Waals surface area contributed by atoms with Gasteiger partial charge in [0.15, 0.2) is 11.5 Å². The van der Waals surface area contributed by atoms with Crippen molar-refractivity contribution in [3.8, 4) is 0 Å². The van der Waals surface area contributed by atoms with Crippen molar-refractivity contribution in [1.29, 1.82) is 0 Å². The average Bonchev–Trinajstić information content (AvgIpc) is 3.46. The highest BCUT2D eigenvalue weighted by Crippen LogP contribution is 2.33. The molecule has 1 atom stereocenters. The molecule has 9 heteroatoms. The summed E-state index contributed by atoms with van der Waals surface area (Å²) in [6.07, 6.45) is -0.947. The second-order valence-electron chi connectivity index (χ2n) is 11.3. The number of nitrogens with zero attached hydrogens (tertiary/aromatic N) is 5. The Hall–Kier alpha value is -3.62. The number of aryl methyl sites for hydroxylation is 2. The van der Waals surface area contributed by atoms with Crippen LogP contribution in [0.15, 0.2) is 48.8 Å². The Morgan fingerprint density at radius 3 is 2.39 bits per heavy atom. The number of alkyl halides is 3. The van der Waals surface area contributed by atoms with Gasteiger partial charge in [-0.25, -0.2) is 4.98 Å². The lowest BCUT2D eigenvalue weighted by molar-refractivity contribution is -0.137. The number of benzene rings is 2. The van der Waals surface area contributed by atoms with Crippen LogP contribution in [0.5, 0.6) is 0 Å². The molecular formula is C29H33F3N6. The van der Waals surface area contributed by atoms with Crippen molar-refractivity contribution >= 4 is 28.6 Å². The van der Waals surface area contributed by atoms with Crippen LogP contribution in [-0.4, -0.2) is 32.6 Å². The lowest BCUT2D eigenvalue weighted by atomic mass is 9.86. The third-order valence-electron chi connectivity index (χ3n) is 7.29. The van der Waals surface area contributed by atoms with Gasteiger partial charge in [0.05, 0.1) is 11.9 Å². The van der Waals surface area contributed by atoms with Crippen molar-refractivity contribution in [2.45, 2.75) is 52.1 Å². The van der Waals surface area contributed by atoms with Crippen LogP contribution in [-0.2, 0) is 25.1 Å². The molecule has 4 aromatic rings. The van der Waals surface area contributed by atoms with Crippen molar-refractivity contribution in [3.05, 3.63) is 71.0 Å². The lowest BCUT2D eigenvalue weighted by Gasteiger charge is -2.22. The van der Waals surface area contributed by atoms with Crippen LogP contribution >= 0.6 is 0 Å². The monoisotopic (exact) mass is 522 g/mol. The van der Waals surface area contributed by atoms with Crippen molar-refractivity contribution in [2.75, 3.05) is 23.3 Å². The summed E-state index contributed by atoms with van der Waals surface area (Å²) < 4.78 is 40.6. The van der Waals surface area contributed by atoms with Crippen LogP contribution in [0.25, 0.3) is 11.2 Å². The molecule has 0 aliphatic carbocycles. The molecular weight excluding hydrogens is 489 g/mol. The van der Waals surface area contributed by atoms with Crippen molar-refractivity contribution in [2.24, 2.45) is 13.0 Å². The molecule has 200 valence electrons. The van der Waals surface area contributed by atoms with Crippen LogP contribution in [0, 0.1) is 12.8 Å². The first kappa shape index (κ1) is 26.0. The molecule has 2 aromatic heterocycles. The van der Waals surface area contributed by atoms with Gasteiger partial charge < -0.3 is 14.8 Å². The molecule has 0 saturated carbocycles. The zero-order valence-corrected chi connectivity index (χ0v) is 22.4. The lowest BCUT2D eigenvalue weighted by Crippen LogP contribution is -2.23. The van der Waals surface area contributed by atoms with E-state index >= 15 is 0 Å². The molecule has 1 aliphatic rings. The first-order valence-electron chi connectivity index (χ1n) is 12.9. The Bertz CT molecular complexity index is 1450. The van der Waals surface area contributed by atoms with E-state index in [1.54, 1.807) is 18.5 Å². The number of hydrogen-bond acceptors (Lipinski definition) is 5. The summed E-state index contributed by atoms with van der Waals surface area (Å²) in [5, 5.41) is 3.56. The molecule has 1 saturated heterocycles. The molecule has 3 heterocycles. The third-order valence-corrected chi connectivity index (χ3v) is 7.29. The fraction of sp³-hybridized carbons (Fsp3) is 0.414. The quantitative estimate of drug-likeness (QED) is 0.312. The fourth-order valence-electron chi connectivity index (χ4n) is 4.97. The smallest absolute Gasteiger partial charge is 0.340 e. The van der Waals surface area contributed by atoms with Gasteiger partial charge in [0.25, 0.3) is 0 Å². The molecule has 1 unspecified atom stereocenters. The predicted octanol–water partition coefficient (Wildman–Crippen LogP) is 6.80. The van der Waals surface area contributed by atoms with E-state index in [2.05, 4.69) is 61.1 Å². The van der Waals surface area contributed by atoms with E-state index < -0.39 is 11.7 Å². The SMILES string of the molecule is Cc1ccc(C(C)(C)C)cc1Nc1nc(N2CCC(Cc3ccc(C(F)(F)F)cc3)C2)nc2ncn(C)c12. The number of aromatic nitrogens is 4. The molecule has 1 fully saturated rings. The molecule has 38 heavy (non-hydrogen) atoms. The zero-order valence-electron chi connectivity index (χ0n) is 22.4. The number of fused-ring (bicyclic) bond motifs is 1. The largest absolute Gasteiger partial charge is 0.416 e. The van der Waals surface area contributed by atoms with E-state index in [9.17, 15) is 13.2 Å². The first-order chi connectivity index (χ1) is 17.9. The van der Waals surface area contributed by atoms with Crippen LogP contribution in [0.1, 0.15) is 49.4 Å². The number of nitrogens with one attached hydrogen (secondary N) is 1. The average molecular weight is 523 g/mol. The maximum atomic E-state index is 12.9. The predicted molar refractivity (Wildman–Crippen MR) is 145 cm³/mol. The van der Waals surface area contributed by atoms with Crippen LogP contribution in [0.3, 0.4) is 0 Å². The van der Waals surface area contributed by atoms with E-state index in [0.717, 1.165) is 54.0 Å². The van der Waals surface area contributed by atoms with Gasteiger partial charge in [-0.3, -0.25) is 0 Å². The highest BCUT2D eigenvalue weighted by molar-refractivity contribution is 5.87. The number of rotatable bonds is 5. The zero-order chi connectivity index (χ0) is 27.2. The van der Waals surface area contributed by atoms with Gasteiger partial charge in [-0.05, 0) is 66.0 Å². The van der Waals surface area contributed by atoms with Crippen LogP contribution < -0.4 is 10.2 Å². The summed E-state index contributed by atoms with van der Waals surface area (Å²) in [6.45, 7) is 10.2. The molecule has 1 aliphatic heterocycles. The Kier molecular flexibility index (Phi) is 6.57.